The van der Waals surface area contributed by atoms with E-state index < -0.39 is 0 Å². The molecule has 3 heteroatoms. The van der Waals surface area contributed by atoms with Crippen LogP contribution in [0.5, 0.6) is 0 Å². The normalized spacial score (nSPS) is 13.7. The Balaban J connectivity index is 4.20. The molecule has 1 unspecified atom stereocenters. The van der Waals surface area contributed by atoms with Crippen molar-refractivity contribution >= 4 is 0 Å². The van der Waals surface area contributed by atoms with Gasteiger partial charge in [-0.3, -0.25) is 4.90 Å². The Morgan fingerprint density at radius 2 is 1.53 bits per heavy atom. The molecule has 116 valence electrons. The smallest absolute Gasteiger partial charge is 0.0243 e. The molecule has 0 radical (unpaired) electrons. The van der Waals surface area contributed by atoms with E-state index in [0.717, 1.165) is 19.6 Å². The maximum absolute atomic E-state index is 3.51. The van der Waals surface area contributed by atoms with E-state index in [1.54, 1.807) is 0 Å². The molecule has 0 aromatic heterocycles. The molecule has 0 amide bonds. The molecule has 0 heterocycles. The zero-order chi connectivity index (χ0) is 14.7. The summed E-state index contributed by atoms with van der Waals surface area (Å²) in [5.74, 6) is 0.715. The van der Waals surface area contributed by atoms with Crippen molar-refractivity contribution in [3.8, 4) is 0 Å². The molecule has 19 heavy (non-hydrogen) atoms. The molecule has 0 bridgehead atoms. The summed E-state index contributed by atoms with van der Waals surface area (Å²) in [4.78, 5) is 5.17. The highest BCUT2D eigenvalue weighted by Crippen LogP contribution is 2.11. The Labute approximate surface area is 121 Å². The van der Waals surface area contributed by atoms with Gasteiger partial charge >= 0.3 is 0 Å². The standard InChI is InChI=1S/C16H37N3/c1-7-17-14-16(15(5)6)19(10-4)13-11-12-18(8-2)9-3/h15-17H,7-14H2,1-6H3. The van der Waals surface area contributed by atoms with Crippen LogP contribution in [0.1, 0.15) is 48.0 Å². The van der Waals surface area contributed by atoms with Gasteiger partial charge in [-0.05, 0) is 51.6 Å². The first-order valence-electron chi connectivity index (χ1n) is 8.27. The first kappa shape index (κ1) is 18.9. The van der Waals surface area contributed by atoms with E-state index >= 15 is 0 Å². The number of likely N-dealkylation sites (N-methyl/N-ethyl adjacent to an activating group) is 2. The molecular formula is C16H37N3. The predicted molar refractivity (Wildman–Crippen MR) is 86.8 cm³/mol. The van der Waals surface area contributed by atoms with Crippen molar-refractivity contribution in [3.63, 3.8) is 0 Å². The lowest BCUT2D eigenvalue weighted by Gasteiger charge is -2.34. The second kappa shape index (κ2) is 11.7. The van der Waals surface area contributed by atoms with Crippen LogP contribution in [0.2, 0.25) is 0 Å². The zero-order valence-electron chi connectivity index (χ0n) is 14.2. The summed E-state index contributed by atoms with van der Waals surface area (Å²) in [6.45, 7) is 21.8. The van der Waals surface area contributed by atoms with Crippen LogP contribution in [0.4, 0.5) is 0 Å². The first-order chi connectivity index (χ1) is 9.10. The summed E-state index contributed by atoms with van der Waals surface area (Å²) in [6, 6.07) is 0.668. The average molecular weight is 271 g/mol. The van der Waals surface area contributed by atoms with Crippen LogP contribution in [-0.4, -0.2) is 61.7 Å². The van der Waals surface area contributed by atoms with Gasteiger partial charge in [0, 0.05) is 12.6 Å². The monoisotopic (exact) mass is 271 g/mol. The van der Waals surface area contributed by atoms with Crippen molar-refractivity contribution in [3.05, 3.63) is 0 Å². The van der Waals surface area contributed by atoms with Gasteiger partial charge in [0.15, 0.2) is 0 Å². The third-order valence-corrected chi connectivity index (χ3v) is 4.06. The van der Waals surface area contributed by atoms with Gasteiger partial charge in [-0.1, -0.05) is 41.5 Å². The van der Waals surface area contributed by atoms with Crippen molar-refractivity contribution in [2.45, 2.75) is 54.0 Å². The highest BCUT2D eigenvalue weighted by atomic mass is 15.2. The van der Waals surface area contributed by atoms with Crippen molar-refractivity contribution < 1.29 is 0 Å². The number of hydrogen-bond acceptors (Lipinski definition) is 3. The summed E-state index contributed by atoms with van der Waals surface area (Å²) < 4.78 is 0. The SMILES string of the molecule is CCNCC(C(C)C)N(CC)CCCN(CC)CC. The van der Waals surface area contributed by atoms with E-state index in [0.29, 0.717) is 12.0 Å². The van der Waals surface area contributed by atoms with Crippen LogP contribution < -0.4 is 5.32 Å². The Kier molecular flexibility index (Phi) is 11.6. The molecule has 0 aliphatic heterocycles. The van der Waals surface area contributed by atoms with Gasteiger partial charge in [0.25, 0.3) is 0 Å². The van der Waals surface area contributed by atoms with Gasteiger partial charge in [0.2, 0.25) is 0 Å². The van der Waals surface area contributed by atoms with Crippen LogP contribution in [0.15, 0.2) is 0 Å². The van der Waals surface area contributed by atoms with E-state index in [9.17, 15) is 0 Å². The van der Waals surface area contributed by atoms with Crippen LogP contribution >= 0.6 is 0 Å². The van der Waals surface area contributed by atoms with Gasteiger partial charge in [0.05, 0.1) is 0 Å². The lowest BCUT2D eigenvalue weighted by molar-refractivity contribution is 0.150. The Bertz CT molecular complexity index is 190. The maximum Gasteiger partial charge on any atom is 0.0243 e. The molecule has 0 aliphatic carbocycles. The first-order valence-corrected chi connectivity index (χ1v) is 8.27. The van der Waals surface area contributed by atoms with E-state index in [1.165, 1.54) is 32.6 Å². The number of nitrogens with one attached hydrogen (secondary N) is 1. The molecule has 1 atom stereocenters. The van der Waals surface area contributed by atoms with Gasteiger partial charge < -0.3 is 10.2 Å². The number of rotatable bonds is 12. The molecule has 0 aromatic carbocycles. The van der Waals surface area contributed by atoms with E-state index in [-0.39, 0.29) is 0 Å². The largest absolute Gasteiger partial charge is 0.315 e. The molecule has 0 spiro atoms. The molecule has 0 rings (SSSR count). The van der Waals surface area contributed by atoms with Crippen LogP contribution in [-0.2, 0) is 0 Å². The highest BCUT2D eigenvalue weighted by molar-refractivity contribution is 4.76. The van der Waals surface area contributed by atoms with Crippen molar-refractivity contribution in [2.75, 3.05) is 45.8 Å². The summed E-state index contributed by atoms with van der Waals surface area (Å²) in [5, 5.41) is 3.51. The maximum atomic E-state index is 3.51. The minimum Gasteiger partial charge on any atom is -0.315 e. The van der Waals surface area contributed by atoms with E-state index in [4.69, 9.17) is 0 Å². The molecule has 0 aromatic rings. The Morgan fingerprint density at radius 1 is 0.895 bits per heavy atom. The van der Waals surface area contributed by atoms with Gasteiger partial charge in [-0.15, -0.1) is 0 Å². The third kappa shape index (κ3) is 7.91. The third-order valence-electron chi connectivity index (χ3n) is 4.06. The molecule has 0 saturated heterocycles. The minimum absolute atomic E-state index is 0.668. The second-order valence-electron chi connectivity index (χ2n) is 5.63. The highest BCUT2D eigenvalue weighted by Gasteiger charge is 2.19. The summed E-state index contributed by atoms with van der Waals surface area (Å²) in [6.07, 6.45) is 1.28. The fraction of sp³-hybridized carbons (Fsp3) is 1.00. The van der Waals surface area contributed by atoms with Crippen LogP contribution in [0.25, 0.3) is 0 Å². The van der Waals surface area contributed by atoms with E-state index in [1.807, 2.05) is 0 Å². The van der Waals surface area contributed by atoms with Gasteiger partial charge in [-0.2, -0.15) is 0 Å². The molecule has 0 aliphatic rings. The summed E-state index contributed by atoms with van der Waals surface area (Å²) >= 11 is 0. The van der Waals surface area contributed by atoms with Crippen LogP contribution in [0, 0.1) is 5.92 Å². The van der Waals surface area contributed by atoms with Gasteiger partial charge in [-0.25, -0.2) is 0 Å². The lowest BCUT2D eigenvalue weighted by atomic mass is 10.0. The van der Waals surface area contributed by atoms with Crippen molar-refractivity contribution in [1.29, 1.82) is 0 Å². The minimum atomic E-state index is 0.668. The topological polar surface area (TPSA) is 18.5 Å². The zero-order valence-corrected chi connectivity index (χ0v) is 14.2. The molecular weight excluding hydrogens is 234 g/mol. The molecule has 3 nitrogen and oxygen atoms in total. The van der Waals surface area contributed by atoms with Crippen LogP contribution in [0.3, 0.4) is 0 Å². The predicted octanol–water partition coefficient (Wildman–Crippen LogP) is 2.67. The molecule has 0 saturated carbocycles. The fourth-order valence-electron chi connectivity index (χ4n) is 2.67. The lowest BCUT2D eigenvalue weighted by Crippen LogP contribution is -2.46. The number of nitrogens with zero attached hydrogens (tertiary/aromatic N) is 2. The number of hydrogen-bond donors (Lipinski definition) is 1. The Morgan fingerprint density at radius 3 is 1.95 bits per heavy atom. The molecule has 1 N–H and O–H groups in total. The van der Waals surface area contributed by atoms with E-state index in [2.05, 4.69) is 56.7 Å². The second-order valence-corrected chi connectivity index (χ2v) is 5.63. The quantitative estimate of drug-likeness (QED) is 0.589. The van der Waals surface area contributed by atoms with Crippen molar-refractivity contribution in [2.24, 2.45) is 5.92 Å². The Hall–Kier alpha value is -0.120. The summed E-state index contributed by atoms with van der Waals surface area (Å²) in [7, 11) is 0. The molecule has 0 fully saturated rings. The summed E-state index contributed by atoms with van der Waals surface area (Å²) in [5.41, 5.74) is 0. The average Bonchev–Trinajstić information content (AvgIpc) is 2.41. The van der Waals surface area contributed by atoms with Gasteiger partial charge in [0.1, 0.15) is 0 Å². The van der Waals surface area contributed by atoms with Crippen molar-refractivity contribution in [1.82, 2.24) is 15.1 Å². The fourth-order valence-corrected chi connectivity index (χ4v) is 2.67.